The van der Waals surface area contributed by atoms with Crippen LogP contribution in [0.2, 0.25) is 0 Å². The number of hydrogen-bond acceptors (Lipinski definition) is 3. The van der Waals surface area contributed by atoms with Gasteiger partial charge in [-0.05, 0) is 30.3 Å². The van der Waals surface area contributed by atoms with Gasteiger partial charge in [-0.25, -0.2) is 9.67 Å². The molecule has 4 aromatic rings. The van der Waals surface area contributed by atoms with Crippen LogP contribution in [-0.2, 0) is 0 Å². The molecule has 0 aliphatic rings. The van der Waals surface area contributed by atoms with Gasteiger partial charge in [0.2, 0.25) is 0 Å². The molecule has 1 aromatic carbocycles. The topological polar surface area (TPSA) is 61.1 Å². The van der Waals surface area contributed by atoms with Crippen LogP contribution in [0.4, 0.5) is 5.69 Å². The molecule has 5 nitrogen and oxygen atoms in total. The maximum Gasteiger partial charge on any atom is 0.140 e. The monoisotopic (exact) mass is 249 g/mol. The lowest BCUT2D eigenvalue weighted by molar-refractivity contribution is 0.855. The maximum absolute atomic E-state index is 5.86. The Balaban J connectivity index is 2.09. The summed E-state index contributed by atoms with van der Waals surface area (Å²) in [6, 6.07) is 11.7. The number of nitrogens with zero attached hydrogens (tertiary/aromatic N) is 4. The van der Waals surface area contributed by atoms with E-state index in [9.17, 15) is 0 Å². The van der Waals surface area contributed by atoms with Crippen molar-refractivity contribution in [3.8, 4) is 5.82 Å². The third-order valence-electron chi connectivity index (χ3n) is 3.22. The summed E-state index contributed by atoms with van der Waals surface area (Å²) in [5.41, 5.74) is 8.47. The summed E-state index contributed by atoms with van der Waals surface area (Å²) in [6.45, 7) is 0. The molecule has 0 fully saturated rings. The van der Waals surface area contributed by atoms with Crippen molar-refractivity contribution in [2.75, 3.05) is 5.73 Å². The highest BCUT2D eigenvalue weighted by molar-refractivity contribution is 5.83. The molecule has 4 rings (SSSR count). The number of rotatable bonds is 1. The number of nitrogen functional groups attached to an aromatic ring is 1. The average Bonchev–Trinajstić information content (AvgIpc) is 3.03. The van der Waals surface area contributed by atoms with Gasteiger partial charge < -0.3 is 5.73 Å². The molecule has 92 valence electrons. The number of aromatic nitrogens is 4. The Hall–Kier alpha value is -2.82. The second kappa shape index (κ2) is 3.58. The first-order valence-corrected chi connectivity index (χ1v) is 5.99. The Morgan fingerprint density at radius 2 is 2.05 bits per heavy atom. The van der Waals surface area contributed by atoms with E-state index in [4.69, 9.17) is 5.73 Å². The molecule has 19 heavy (non-hydrogen) atoms. The van der Waals surface area contributed by atoms with Crippen molar-refractivity contribution in [1.29, 1.82) is 0 Å². The third-order valence-corrected chi connectivity index (χ3v) is 3.22. The van der Waals surface area contributed by atoms with Gasteiger partial charge in [0, 0.05) is 23.5 Å². The van der Waals surface area contributed by atoms with Gasteiger partial charge in [-0.1, -0.05) is 6.07 Å². The Labute approximate surface area is 108 Å². The minimum atomic E-state index is 0.729. The standard InChI is InChI=1S/C14H11N5/c15-11-5-4-10-9-17-19(12(10)8-11)14-3-1-2-13-16-6-7-18(13)14/h1-9H,15H2. The van der Waals surface area contributed by atoms with E-state index in [-0.39, 0.29) is 0 Å². The highest BCUT2D eigenvalue weighted by Crippen LogP contribution is 2.21. The Kier molecular flexibility index (Phi) is 1.91. The van der Waals surface area contributed by atoms with Crippen LogP contribution >= 0.6 is 0 Å². The van der Waals surface area contributed by atoms with Crippen LogP contribution in [0, 0.1) is 0 Å². The lowest BCUT2D eigenvalue weighted by Crippen LogP contribution is -2.02. The molecule has 0 saturated heterocycles. The fraction of sp³-hybridized carbons (Fsp3) is 0. The highest BCUT2D eigenvalue weighted by Gasteiger charge is 2.08. The van der Waals surface area contributed by atoms with Gasteiger partial charge in [0.15, 0.2) is 0 Å². The van der Waals surface area contributed by atoms with E-state index in [0.717, 1.165) is 28.1 Å². The van der Waals surface area contributed by atoms with Crippen LogP contribution in [0.1, 0.15) is 0 Å². The first-order chi connectivity index (χ1) is 9.33. The molecular formula is C14H11N5. The summed E-state index contributed by atoms with van der Waals surface area (Å²) in [6.07, 6.45) is 5.54. The summed E-state index contributed by atoms with van der Waals surface area (Å²) in [4.78, 5) is 4.28. The minimum absolute atomic E-state index is 0.729. The summed E-state index contributed by atoms with van der Waals surface area (Å²) in [7, 11) is 0. The number of anilines is 1. The van der Waals surface area contributed by atoms with E-state index >= 15 is 0 Å². The second-order valence-corrected chi connectivity index (χ2v) is 4.41. The van der Waals surface area contributed by atoms with Crippen LogP contribution < -0.4 is 5.73 Å². The molecule has 3 heterocycles. The molecule has 0 aliphatic heterocycles. The van der Waals surface area contributed by atoms with E-state index in [1.807, 2.05) is 57.9 Å². The molecule has 3 aromatic heterocycles. The van der Waals surface area contributed by atoms with E-state index in [2.05, 4.69) is 10.1 Å². The normalized spacial score (nSPS) is 11.4. The largest absolute Gasteiger partial charge is 0.399 e. The van der Waals surface area contributed by atoms with Crippen LogP contribution in [0.15, 0.2) is 55.0 Å². The van der Waals surface area contributed by atoms with E-state index in [1.165, 1.54) is 0 Å². The Morgan fingerprint density at radius 3 is 3.00 bits per heavy atom. The fourth-order valence-corrected chi connectivity index (χ4v) is 2.32. The molecule has 0 atom stereocenters. The zero-order valence-corrected chi connectivity index (χ0v) is 10.1. The molecular weight excluding hydrogens is 238 g/mol. The predicted octanol–water partition coefficient (Wildman–Crippen LogP) is 2.26. The van der Waals surface area contributed by atoms with Crippen LogP contribution in [0.3, 0.4) is 0 Å². The van der Waals surface area contributed by atoms with E-state index < -0.39 is 0 Å². The maximum atomic E-state index is 5.86. The number of fused-ring (bicyclic) bond motifs is 2. The number of nitrogens with two attached hydrogens (primary N) is 1. The van der Waals surface area contributed by atoms with Gasteiger partial charge in [-0.3, -0.25) is 4.40 Å². The van der Waals surface area contributed by atoms with Crippen LogP contribution in [-0.4, -0.2) is 19.2 Å². The molecule has 0 saturated carbocycles. The zero-order chi connectivity index (χ0) is 12.8. The number of hydrogen-bond donors (Lipinski definition) is 1. The van der Waals surface area contributed by atoms with E-state index in [0.29, 0.717) is 0 Å². The molecule has 0 aliphatic carbocycles. The average molecular weight is 249 g/mol. The number of pyridine rings is 1. The number of imidazole rings is 1. The van der Waals surface area contributed by atoms with Gasteiger partial charge in [-0.2, -0.15) is 5.10 Å². The third kappa shape index (κ3) is 1.41. The van der Waals surface area contributed by atoms with Crippen molar-refractivity contribution in [3.05, 3.63) is 55.0 Å². The molecule has 0 amide bonds. The molecule has 0 radical (unpaired) electrons. The minimum Gasteiger partial charge on any atom is -0.399 e. The lowest BCUT2D eigenvalue weighted by Gasteiger charge is -2.07. The van der Waals surface area contributed by atoms with Gasteiger partial charge in [0.05, 0.1) is 11.7 Å². The highest BCUT2D eigenvalue weighted by atomic mass is 15.3. The predicted molar refractivity (Wildman–Crippen MR) is 74.2 cm³/mol. The van der Waals surface area contributed by atoms with Crippen molar-refractivity contribution < 1.29 is 0 Å². The fourth-order valence-electron chi connectivity index (χ4n) is 2.32. The van der Waals surface area contributed by atoms with Gasteiger partial charge in [0.1, 0.15) is 11.5 Å². The van der Waals surface area contributed by atoms with Crippen molar-refractivity contribution in [2.24, 2.45) is 0 Å². The van der Waals surface area contributed by atoms with Crippen molar-refractivity contribution in [1.82, 2.24) is 19.2 Å². The summed E-state index contributed by atoms with van der Waals surface area (Å²) in [5, 5.41) is 5.51. The van der Waals surface area contributed by atoms with Crippen LogP contribution in [0.25, 0.3) is 22.4 Å². The SMILES string of the molecule is Nc1ccc2cnn(-c3cccc4nccn34)c2c1. The quantitative estimate of drug-likeness (QED) is 0.526. The molecule has 2 N–H and O–H groups in total. The summed E-state index contributed by atoms with van der Waals surface area (Å²) < 4.78 is 3.87. The molecule has 0 spiro atoms. The second-order valence-electron chi connectivity index (χ2n) is 4.41. The molecule has 0 unspecified atom stereocenters. The lowest BCUT2D eigenvalue weighted by atomic mass is 10.2. The first-order valence-electron chi connectivity index (χ1n) is 5.99. The Morgan fingerprint density at radius 1 is 1.11 bits per heavy atom. The number of benzene rings is 1. The molecule has 0 bridgehead atoms. The molecule has 5 heteroatoms. The zero-order valence-electron chi connectivity index (χ0n) is 10.1. The van der Waals surface area contributed by atoms with Crippen molar-refractivity contribution in [3.63, 3.8) is 0 Å². The van der Waals surface area contributed by atoms with Gasteiger partial charge >= 0.3 is 0 Å². The van der Waals surface area contributed by atoms with Crippen molar-refractivity contribution >= 4 is 22.2 Å². The van der Waals surface area contributed by atoms with Crippen molar-refractivity contribution in [2.45, 2.75) is 0 Å². The smallest absolute Gasteiger partial charge is 0.140 e. The van der Waals surface area contributed by atoms with E-state index in [1.54, 1.807) is 6.20 Å². The van der Waals surface area contributed by atoms with Gasteiger partial charge in [0.25, 0.3) is 0 Å². The van der Waals surface area contributed by atoms with Crippen LogP contribution in [0.5, 0.6) is 0 Å². The first kappa shape index (κ1) is 10.1. The van der Waals surface area contributed by atoms with Gasteiger partial charge in [-0.15, -0.1) is 0 Å². The summed E-state index contributed by atoms with van der Waals surface area (Å²) >= 11 is 0. The Bertz CT molecular complexity index is 887. The summed E-state index contributed by atoms with van der Waals surface area (Å²) in [5.74, 6) is 0.940.